The number of piperidine rings is 1. The number of fused-ring (bicyclic) bond motifs is 1. The number of hydrogen-bond donors (Lipinski definition) is 1. The number of aryl methyl sites for hydroxylation is 1. The lowest BCUT2D eigenvalue weighted by Gasteiger charge is -2.31. The third-order valence-corrected chi connectivity index (χ3v) is 6.05. The fourth-order valence-corrected chi connectivity index (χ4v) is 4.42. The van der Waals surface area contributed by atoms with Crippen molar-refractivity contribution in [2.45, 2.75) is 39.7 Å². The van der Waals surface area contributed by atoms with E-state index in [-0.39, 0.29) is 17.8 Å². The normalized spacial score (nSPS) is 16.2. The zero-order valence-corrected chi connectivity index (χ0v) is 15.9. The van der Waals surface area contributed by atoms with Crippen molar-refractivity contribution >= 4 is 27.3 Å². The first kappa shape index (κ1) is 18.1. The fraction of sp³-hybridized carbons (Fsp3) is 0.450. The van der Waals surface area contributed by atoms with Gasteiger partial charge < -0.3 is 5.32 Å². The van der Waals surface area contributed by atoms with Gasteiger partial charge in [0, 0.05) is 35.8 Å². The lowest BCUT2D eigenvalue weighted by atomic mass is 10.0. The summed E-state index contributed by atoms with van der Waals surface area (Å²) >= 11 is 1.38. The van der Waals surface area contributed by atoms with E-state index in [1.807, 2.05) is 13.0 Å². The van der Waals surface area contributed by atoms with E-state index in [0.29, 0.717) is 10.3 Å². The summed E-state index contributed by atoms with van der Waals surface area (Å²) < 4.78 is 14.9. The molecule has 3 rings (SSSR count). The monoisotopic (exact) mass is 360 g/mol. The van der Waals surface area contributed by atoms with Crippen LogP contribution in [0.25, 0.3) is 10.1 Å². The third-order valence-electron chi connectivity index (χ3n) is 4.79. The van der Waals surface area contributed by atoms with Crippen molar-refractivity contribution in [3.8, 4) is 0 Å². The average molecular weight is 360 g/mol. The molecule has 1 aromatic heterocycles. The number of halogens is 1. The van der Waals surface area contributed by atoms with Crippen LogP contribution in [-0.2, 0) is 0 Å². The number of rotatable bonds is 4. The number of amides is 1. The average Bonchev–Trinajstić information content (AvgIpc) is 2.92. The summed E-state index contributed by atoms with van der Waals surface area (Å²) in [5, 5.41) is 3.73. The maximum absolute atomic E-state index is 14.0. The molecule has 0 bridgehead atoms. The Balaban J connectivity index is 1.63. The number of thiophene rings is 1. The molecule has 1 N–H and O–H groups in total. The molecule has 1 aliphatic heterocycles. The molecule has 0 atom stereocenters. The van der Waals surface area contributed by atoms with E-state index in [4.69, 9.17) is 0 Å². The van der Waals surface area contributed by atoms with E-state index >= 15 is 0 Å². The van der Waals surface area contributed by atoms with Crippen LogP contribution in [0, 0.1) is 12.7 Å². The molecule has 0 spiro atoms. The summed E-state index contributed by atoms with van der Waals surface area (Å²) in [5.74, 6) is -0.321. The predicted molar refractivity (Wildman–Crippen MR) is 103 cm³/mol. The van der Waals surface area contributed by atoms with Gasteiger partial charge in [0.15, 0.2) is 0 Å². The summed E-state index contributed by atoms with van der Waals surface area (Å²) in [5.41, 5.74) is 2.08. The van der Waals surface area contributed by atoms with Crippen LogP contribution in [0.3, 0.4) is 0 Å². The number of hydrogen-bond acceptors (Lipinski definition) is 3. The first-order chi connectivity index (χ1) is 12.0. The second-order valence-corrected chi connectivity index (χ2v) is 8.05. The highest BCUT2D eigenvalue weighted by Crippen LogP contribution is 2.32. The molecule has 2 heterocycles. The van der Waals surface area contributed by atoms with Gasteiger partial charge in [0.1, 0.15) is 5.82 Å². The van der Waals surface area contributed by atoms with E-state index in [2.05, 4.69) is 30.1 Å². The summed E-state index contributed by atoms with van der Waals surface area (Å²) in [7, 11) is 0. The Labute approximate surface area is 152 Å². The van der Waals surface area contributed by atoms with Crippen molar-refractivity contribution < 1.29 is 9.18 Å². The molecule has 3 nitrogen and oxygen atoms in total. The second kappa shape index (κ2) is 7.67. The van der Waals surface area contributed by atoms with Crippen LogP contribution in [0.15, 0.2) is 29.8 Å². The van der Waals surface area contributed by atoms with Crippen LogP contribution < -0.4 is 5.32 Å². The van der Waals surface area contributed by atoms with Crippen molar-refractivity contribution in [3.63, 3.8) is 0 Å². The zero-order chi connectivity index (χ0) is 18.0. The first-order valence-electron chi connectivity index (χ1n) is 8.80. The predicted octanol–water partition coefficient (Wildman–Crippen LogP) is 4.51. The van der Waals surface area contributed by atoms with Gasteiger partial charge in [0.25, 0.3) is 5.91 Å². The fourth-order valence-electron chi connectivity index (χ4n) is 3.29. The van der Waals surface area contributed by atoms with Crippen LogP contribution in [0.2, 0.25) is 0 Å². The maximum atomic E-state index is 14.0. The van der Waals surface area contributed by atoms with Crippen molar-refractivity contribution in [3.05, 3.63) is 46.1 Å². The Kier molecular flexibility index (Phi) is 5.54. The largest absolute Gasteiger partial charge is 0.349 e. The Morgan fingerprint density at radius 2 is 2.08 bits per heavy atom. The van der Waals surface area contributed by atoms with Crippen LogP contribution in [0.5, 0.6) is 0 Å². The molecule has 25 heavy (non-hydrogen) atoms. The molecule has 0 aliphatic carbocycles. The summed E-state index contributed by atoms with van der Waals surface area (Å²) in [6, 6.07) is 5.21. The number of benzene rings is 1. The van der Waals surface area contributed by atoms with E-state index in [9.17, 15) is 9.18 Å². The molecule has 1 aromatic carbocycles. The van der Waals surface area contributed by atoms with Crippen molar-refractivity contribution in [1.29, 1.82) is 0 Å². The number of carbonyl (C=O) groups excluding carboxylic acids is 1. The molecule has 0 unspecified atom stereocenters. The molecule has 1 fully saturated rings. The van der Waals surface area contributed by atoms with Crippen molar-refractivity contribution in [2.24, 2.45) is 0 Å². The molecule has 2 aromatic rings. The number of likely N-dealkylation sites (tertiary alicyclic amines) is 1. The third kappa shape index (κ3) is 4.10. The molecular formula is C20H25FN2OS. The Hall–Kier alpha value is -1.72. The van der Waals surface area contributed by atoms with Gasteiger partial charge in [-0.3, -0.25) is 9.69 Å². The highest BCUT2D eigenvalue weighted by Gasteiger charge is 2.23. The van der Waals surface area contributed by atoms with E-state index in [1.54, 1.807) is 6.07 Å². The molecular weight excluding hydrogens is 335 g/mol. The summed E-state index contributed by atoms with van der Waals surface area (Å²) in [6.45, 7) is 9.03. The molecule has 0 saturated carbocycles. The smallest absolute Gasteiger partial charge is 0.261 e. The van der Waals surface area contributed by atoms with Gasteiger partial charge in [-0.1, -0.05) is 17.7 Å². The lowest BCUT2D eigenvalue weighted by molar-refractivity contribution is 0.0917. The molecule has 134 valence electrons. The van der Waals surface area contributed by atoms with Crippen molar-refractivity contribution in [2.75, 3.05) is 19.6 Å². The lowest BCUT2D eigenvalue weighted by Crippen LogP contribution is -2.44. The van der Waals surface area contributed by atoms with Gasteiger partial charge in [0.2, 0.25) is 0 Å². The van der Waals surface area contributed by atoms with Crippen LogP contribution in [-0.4, -0.2) is 36.5 Å². The summed E-state index contributed by atoms with van der Waals surface area (Å²) in [4.78, 5) is 15.7. The highest BCUT2D eigenvalue weighted by molar-refractivity contribution is 7.21. The maximum Gasteiger partial charge on any atom is 0.261 e. The van der Waals surface area contributed by atoms with Crippen LogP contribution in [0.4, 0.5) is 4.39 Å². The molecule has 0 radical (unpaired) electrons. The Morgan fingerprint density at radius 1 is 1.36 bits per heavy atom. The number of allylic oxidation sites excluding steroid dienone is 1. The van der Waals surface area contributed by atoms with E-state index < -0.39 is 0 Å². The van der Waals surface area contributed by atoms with Gasteiger partial charge in [-0.15, -0.1) is 11.3 Å². The minimum Gasteiger partial charge on any atom is -0.349 e. The standard InChI is InChI=1S/C20H25FN2OS/c1-13(2)7-10-23-11-8-15(9-12-23)22-20(24)19-14(3)18-16(21)5-4-6-17(18)25-19/h4-7,15H,8-12H2,1-3H3,(H,22,24). The van der Waals surface area contributed by atoms with Gasteiger partial charge in [-0.2, -0.15) is 0 Å². The van der Waals surface area contributed by atoms with Gasteiger partial charge in [0.05, 0.1) is 4.88 Å². The van der Waals surface area contributed by atoms with E-state index in [0.717, 1.165) is 42.7 Å². The first-order valence-corrected chi connectivity index (χ1v) is 9.61. The SMILES string of the molecule is CC(C)=CCN1CCC(NC(=O)c2sc3cccc(F)c3c2C)CC1. The highest BCUT2D eigenvalue weighted by atomic mass is 32.1. The van der Waals surface area contributed by atoms with E-state index in [1.165, 1.54) is 23.0 Å². The number of carbonyl (C=O) groups is 1. The van der Waals surface area contributed by atoms with Crippen LogP contribution >= 0.6 is 11.3 Å². The second-order valence-electron chi connectivity index (χ2n) is 7.00. The molecule has 1 aliphatic rings. The zero-order valence-electron chi connectivity index (χ0n) is 15.1. The minimum atomic E-state index is -0.252. The van der Waals surface area contributed by atoms with Crippen molar-refractivity contribution in [1.82, 2.24) is 10.2 Å². The molecule has 1 amide bonds. The molecule has 1 saturated heterocycles. The number of nitrogens with zero attached hydrogens (tertiary/aromatic N) is 1. The summed E-state index contributed by atoms with van der Waals surface area (Å²) in [6.07, 6.45) is 4.16. The quantitative estimate of drug-likeness (QED) is 0.814. The van der Waals surface area contributed by atoms with Gasteiger partial charge in [-0.25, -0.2) is 4.39 Å². The van der Waals surface area contributed by atoms with Gasteiger partial charge >= 0.3 is 0 Å². The van der Waals surface area contributed by atoms with Crippen LogP contribution in [0.1, 0.15) is 41.9 Å². The van der Waals surface area contributed by atoms with Gasteiger partial charge in [-0.05, 0) is 51.3 Å². The molecule has 5 heteroatoms. The minimum absolute atomic E-state index is 0.0687. The topological polar surface area (TPSA) is 32.3 Å². The Morgan fingerprint density at radius 3 is 2.72 bits per heavy atom. The number of nitrogens with one attached hydrogen (secondary N) is 1. The Bertz CT molecular complexity index is 799.